The third-order valence-electron chi connectivity index (χ3n) is 2.76. The summed E-state index contributed by atoms with van der Waals surface area (Å²) in [6.45, 7) is 4.33. The van der Waals surface area contributed by atoms with Crippen LogP contribution in [0.15, 0.2) is 35.1 Å². The molecule has 108 valence electrons. The number of halogens is 2. The van der Waals surface area contributed by atoms with Gasteiger partial charge in [0.1, 0.15) is 0 Å². The lowest BCUT2D eigenvalue weighted by Crippen LogP contribution is -2.10. The number of anilines is 1. The number of benzene rings is 1. The van der Waals surface area contributed by atoms with Crippen molar-refractivity contribution in [3.63, 3.8) is 0 Å². The minimum Gasteiger partial charge on any atom is -0.382 e. The lowest BCUT2D eigenvalue weighted by molar-refractivity contribution is 0.147. The standard InChI is InChI=1S/C14H17BrClN3O/c1-2-20-9-3-6-17-14-18-7-8-19(14)13-5-4-11(16)10-12(13)15/h4-5,7-8,10H,2-3,6,9H2,1H3,(H,17,18). The molecule has 0 saturated carbocycles. The van der Waals surface area contributed by atoms with Gasteiger partial charge in [0, 0.05) is 41.6 Å². The van der Waals surface area contributed by atoms with Crippen molar-refractivity contribution >= 4 is 33.5 Å². The van der Waals surface area contributed by atoms with E-state index in [-0.39, 0.29) is 0 Å². The topological polar surface area (TPSA) is 39.1 Å². The van der Waals surface area contributed by atoms with E-state index in [1.807, 2.05) is 35.9 Å². The summed E-state index contributed by atoms with van der Waals surface area (Å²) in [6.07, 6.45) is 4.63. The maximum Gasteiger partial charge on any atom is 0.207 e. The van der Waals surface area contributed by atoms with Gasteiger partial charge in [-0.05, 0) is 47.5 Å². The molecule has 2 aromatic rings. The first kappa shape index (κ1) is 15.4. The molecular formula is C14H17BrClN3O. The Balaban J connectivity index is 2.04. The summed E-state index contributed by atoms with van der Waals surface area (Å²) in [4.78, 5) is 4.33. The quantitative estimate of drug-likeness (QED) is 0.757. The van der Waals surface area contributed by atoms with E-state index in [1.54, 1.807) is 6.20 Å². The van der Waals surface area contributed by atoms with Crippen molar-refractivity contribution < 1.29 is 4.74 Å². The molecule has 4 nitrogen and oxygen atoms in total. The Morgan fingerprint density at radius 2 is 2.30 bits per heavy atom. The molecule has 0 aliphatic carbocycles. The zero-order valence-corrected chi connectivity index (χ0v) is 13.6. The number of aromatic nitrogens is 2. The predicted molar refractivity (Wildman–Crippen MR) is 85.9 cm³/mol. The van der Waals surface area contributed by atoms with Crippen molar-refractivity contribution in [3.8, 4) is 5.69 Å². The first-order chi connectivity index (χ1) is 9.72. The van der Waals surface area contributed by atoms with Crippen LogP contribution in [0.3, 0.4) is 0 Å². The average molecular weight is 359 g/mol. The Morgan fingerprint density at radius 3 is 3.05 bits per heavy atom. The summed E-state index contributed by atoms with van der Waals surface area (Å²) in [5, 5.41) is 4.01. The van der Waals surface area contributed by atoms with E-state index in [9.17, 15) is 0 Å². The summed E-state index contributed by atoms with van der Waals surface area (Å²) in [5.41, 5.74) is 0.999. The van der Waals surface area contributed by atoms with Crippen molar-refractivity contribution in [2.24, 2.45) is 0 Å². The van der Waals surface area contributed by atoms with Crippen molar-refractivity contribution in [3.05, 3.63) is 40.1 Å². The molecule has 0 bridgehead atoms. The molecule has 1 aromatic heterocycles. The maximum atomic E-state index is 5.97. The third-order valence-corrected chi connectivity index (χ3v) is 3.63. The molecule has 0 amide bonds. The van der Waals surface area contributed by atoms with E-state index in [2.05, 4.69) is 26.2 Å². The average Bonchev–Trinajstić information content (AvgIpc) is 2.87. The van der Waals surface area contributed by atoms with Gasteiger partial charge in [0.05, 0.1) is 5.69 Å². The molecule has 1 N–H and O–H groups in total. The minimum atomic E-state index is 0.701. The SMILES string of the molecule is CCOCCCNc1nccn1-c1ccc(Cl)cc1Br. The largest absolute Gasteiger partial charge is 0.382 e. The van der Waals surface area contributed by atoms with Gasteiger partial charge in [0.25, 0.3) is 0 Å². The van der Waals surface area contributed by atoms with Crippen LogP contribution in [0.5, 0.6) is 0 Å². The second-order valence-electron chi connectivity index (χ2n) is 4.19. The third kappa shape index (κ3) is 3.98. The van der Waals surface area contributed by atoms with Gasteiger partial charge in [-0.1, -0.05) is 11.6 Å². The number of nitrogens with one attached hydrogen (secondary N) is 1. The monoisotopic (exact) mass is 357 g/mol. The summed E-state index contributed by atoms with van der Waals surface area (Å²) >= 11 is 9.49. The lowest BCUT2D eigenvalue weighted by atomic mass is 10.3. The lowest BCUT2D eigenvalue weighted by Gasteiger charge is -2.11. The molecule has 0 aliphatic rings. The molecule has 0 saturated heterocycles. The van der Waals surface area contributed by atoms with Gasteiger partial charge in [-0.25, -0.2) is 4.98 Å². The Kier molecular flexibility index (Phi) is 5.88. The van der Waals surface area contributed by atoms with Crippen LogP contribution in [0.1, 0.15) is 13.3 Å². The number of hydrogen-bond donors (Lipinski definition) is 1. The highest BCUT2D eigenvalue weighted by atomic mass is 79.9. The Hall–Kier alpha value is -1.04. The highest BCUT2D eigenvalue weighted by Crippen LogP contribution is 2.26. The van der Waals surface area contributed by atoms with Crippen LogP contribution >= 0.6 is 27.5 Å². The molecule has 6 heteroatoms. The number of hydrogen-bond acceptors (Lipinski definition) is 3. The van der Waals surface area contributed by atoms with Gasteiger partial charge in [-0.3, -0.25) is 4.57 Å². The minimum absolute atomic E-state index is 0.701. The summed E-state index contributed by atoms with van der Waals surface area (Å²) < 4.78 is 8.23. The molecular weight excluding hydrogens is 342 g/mol. The van der Waals surface area contributed by atoms with Gasteiger partial charge in [0.2, 0.25) is 5.95 Å². The van der Waals surface area contributed by atoms with Crippen LogP contribution in [0.4, 0.5) is 5.95 Å². The summed E-state index contributed by atoms with van der Waals surface area (Å²) in [6, 6.07) is 5.69. The zero-order valence-electron chi connectivity index (χ0n) is 11.3. The second kappa shape index (κ2) is 7.67. The maximum absolute atomic E-state index is 5.97. The van der Waals surface area contributed by atoms with Crippen LogP contribution < -0.4 is 5.32 Å². The molecule has 1 heterocycles. The van der Waals surface area contributed by atoms with Crippen LogP contribution in [-0.4, -0.2) is 29.3 Å². The number of imidazole rings is 1. The fourth-order valence-corrected chi connectivity index (χ4v) is 2.70. The summed E-state index contributed by atoms with van der Waals surface area (Å²) in [7, 11) is 0. The molecule has 0 aliphatic heterocycles. The molecule has 1 aromatic carbocycles. The molecule has 0 fully saturated rings. The van der Waals surface area contributed by atoms with Crippen molar-refractivity contribution in [2.45, 2.75) is 13.3 Å². The normalized spacial score (nSPS) is 10.8. The Morgan fingerprint density at radius 1 is 1.45 bits per heavy atom. The van der Waals surface area contributed by atoms with Crippen LogP contribution in [-0.2, 0) is 4.74 Å². The first-order valence-corrected chi connectivity index (χ1v) is 7.70. The smallest absolute Gasteiger partial charge is 0.207 e. The predicted octanol–water partition coefficient (Wildman–Crippen LogP) is 4.13. The Labute approximate surface area is 132 Å². The number of nitrogens with zero attached hydrogens (tertiary/aromatic N) is 2. The molecule has 0 unspecified atom stereocenters. The van der Waals surface area contributed by atoms with Crippen molar-refractivity contribution in [1.82, 2.24) is 9.55 Å². The highest BCUT2D eigenvalue weighted by Gasteiger charge is 2.08. The molecule has 0 spiro atoms. The van der Waals surface area contributed by atoms with Gasteiger partial charge in [0.15, 0.2) is 0 Å². The van der Waals surface area contributed by atoms with E-state index in [1.165, 1.54) is 0 Å². The van der Waals surface area contributed by atoms with Gasteiger partial charge < -0.3 is 10.1 Å². The molecule has 0 radical (unpaired) electrons. The van der Waals surface area contributed by atoms with Crippen LogP contribution in [0.25, 0.3) is 5.69 Å². The van der Waals surface area contributed by atoms with Crippen LogP contribution in [0.2, 0.25) is 5.02 Å². The fourth-order valence-electron chi connectivity index (χ4n) is 1.82. The van der Waals surface area contributed by atoms with Gasteiger partial charge >= 0.3 is 0 Å². The molecule has 0 atom stereocenters. The number of ether oxygens (including phenoxy) is 1. The molecule has 2 rings (SSSR count). The Bertz CT molecular complexity index is 559. The van der Waals surface area contributed by atoms with E-state index < -0.39 is 0 Å². The van der Waals surface area contributed by atoms with E-state index in [4.69, 9.17) is 16.3 Å². The second-order valence-corrected chi connectivity index (χ2v) is 5.48. The highest BCUT2D eigenvalue weighted by molar-refractivity contribution is 9.10. The molecule has 20 heavy (non-hydrogen) atoms. The van der Waals surface area contributed by atoms with Crippen molar-refractivity contribution in [1.29, 1.82) is 0 Å². The van der Waals surface area contributed by atoms with Crippen molar-refractivity contribution in [2.75, 3.05) is 25.1 Å². The van der Waals surface area contributed by atoms with E-state index in [0.717, 1.165) is 42.3 Å². The van der Waals surface area contributed by atoms with Gasteiger partial charge in [-0.15, -0.1) is 0 Å². The fraction of sp³-hybridized carbons (Fsp3) is 0.357. The van der Waals surface area contributed by atoms with E-state index in [0.29, 0.717) is 5.02 Å². The summed E-state index contributed by atoms with van der Waals surface area (Å²) in [5.74, 6) is 0.810. The zero-order chi connectivity index (χ0) is 14.4. The van der Waals surface area contributed by atoms with Gasteiger partial charge in [-0.2, -0.15) is 0 Å². The van der Waals surface area contributed by atoms with E-state index >= 15 is 0 Å². The van der Waals surface area contributed by atoms with Crippen LogP contribution in [0, 0.1) is 0 Å². The number of rotatable bonds is 7. The first-order valence-electron chi connectivity index (χ1n) is 6.52.